The van der Waals surface area contributed by atoms with E-state index in [1.165, 1.54) is 24.3 Å². The van der Waals surface area contributed by atoms with Crippen LogP contribution in [0.15, 0.2) is 29.2 Å². The van der Waals surface area contributed by atoms with E-state index in [2.05, 4.69) is 10.6 Å². The van der Waals surface area contributed by atoms with Crippen molar-refractivity contribution in [3.8, 4) is 0 Å². The fourth-order valence-electron chi connectivity index (χ4n) is 1.58. The summed E-state index contributed by atoms with van der Waals surface area (Å²) < 4.78 is 36.5. The number of carbonyl (C=O) groups excluding carboxylic acids is 1. The summed E-state index contributed by atoms with van der Waals surface area (Å²) in [4.78, 5) is 11.8. The summed E-state index contributed by atoms with van der Waals surface area (Å²) in [5.41, 5.74) is -3.97. The molecular weight excluding hydrogens is 289 g/mol. The van der Waals surface area contributed by atoms with Gasteiger partial charge in [0.05, 0.1) is 0 Å². The predicted molar refractivity (Wildman–Crippen MR) is 73.8 cm³/mol. The van der Waals surface area contributed by atoms with Crippen molar-refractivity contribution in [2.45, 2.75) is 30.3 Å². The third kappa shape index (κ3) is 6.29. The Morgan fingerprint density at radius 1 is 1.30 bits per heavy atom. The first kappa shape index (κ1) is 16.8. The minimum atomic E-state index is -4.31. The molecule has 20 heavy (non-hydrogen) atoms. The molecule has 0 fully saturated rings. The number of thioether (sulfide) groups is 1. The van der Waals surface area contributed by atoms with Gasteiger partial charge in [-0.1, -0.05) is 6.92 Å². The van der Waals surface area contributed by atoms with E-state index in [1.807, 2.05) is 13.8 Å². The average Bonchev–Trinajstić information content (AvgIpc) is 2.35. The molecule has 0 bridgehead atoms. The van der Waals surface area contributed by atoms with E-state index < -0.39 is 5.51 Å². The van der Waals surface area contributed by atoms with Gasteiger partial charge in [-0.2, -0.15) is 13.2 Å². The molecule has 1 aromatic carbocycles. The molecule has 1 atom stereocenters. The third-order valence-corrected chi connectivity index (χ3v) is 3.21. The van der Waals surface area contributed by atoms with E-state index >= 15 is 0 Å². The Bertz CT molecular complexity index is 434. The van der Waals surface area contributed by atoms with Crippen LogP contribution in [-0.4, -0.2) is 30.5 Å². The zero-order chi connectivity index (χ0) is 15.2. The highest BCUT2D eigenvalue weighted by molar-refractivity contribution is 8.00. The summed E-state index contributed by atoms with van der Waals surface area (Å²) in [6, 6.07) is 5.51. The van der Waals surface area contributed by atoms with Gasteiger partial charge in [0, 0.05) is 23.0 Å². The number of halogens is 3. The quantitative estimate of drug-likeness (QED) is 0.794. The van der Waals surface area contributed by atoms with Gasteiger partial charge in [0.2, 0.25) is 0 Å². The van der Waals surface area contributed by atoms with Crippen LogP contribution in [0.5, 0.6) is 0 Å². The molecule has 3 nitrogen and oxygen atoms in total. The molecule has 1 amide bonds. The van der Waals surface area contributed by atoms with Crippen molar-refractivity contribution in [1.29, 1.82) is 0 Å². The van der Waals surface area contributed by atoms with E-state index in [9.17, 15) is 18.0 Å². The zero-order valence-electron chi connectivity index (χ0n) is 11.3. The minimum Gasteiger partial charge on any atom is -0.350 e. The normalized spacial score (nSPS) is 13.1. The minimum absolute atomic E-state index is 0.0649. The molecule has 0 radical (unpaired) electrons. The number of hydrogen-bond acceptors (Lipinski definition) is 3. The number of nitrogens with one attached hydrogen (secondary N) is 2. The molecule has 0 aromatic heterocycles. The van der Waals surface area contributed by atoms with E-state index in [0.717, 1.165) is 6.54 Å². The standard InChI is InChI=1S/C13H17F3N2OS/c1-3-17-9(2)8-18-12(19)10-4-6-11(7-5-10)20-13(14,15)16/h4-7,9,17H,3,8H2,1-2H3,(H,18,19)/t9-/m1/s1. The van der Waals surface area contributed by atoms with E-state index in [0.29, 0.717) is 12.1 Å². The molecule has 0 heterocycles. The Morgan fingerprint density at radius 3 is 2.40 bits per heavy atom. The Morgan fingerprint density at radius 2 is 1.90 bits per heavy atom. The van der Waals surface area contributed by atoms with E-state index in [1.54, 1.807) is 0 Å². The van der Waals surface area contributed by atoms with Gasteiger partial charge in [0.15, 0.2) is 0 Å². The van der Waals surface area contributed by atoms with Gasteiger partial charge < -0.3 is 10.6 Å². The van der Waals surface area contributed by atoms with Crippen LogP contribution in [0.4, 0.5) is 13.2 Å². The van der Waals surface area contributed by atoms with Gasteiger partial charge in [0.1, 0.15) is 0 Å². The van der Waals surface area contributed by atoms with Crippen LogP contribution in [0.1, 0.15) is 24.2 Å². The Hall–Kier alpha value is -1.21. The Balaban J connectivity index is 2.53. The van der Waals surface area contributed by atoms with Crippen LogP contribution in [0.3, 0.4) is 0 Å². The number of likely N-dealkylation sites (N-methyl/N-ethyl adjacent to an activating group) is 1. The second-order valence-electron chi connectivity index (χ2n) is 4.24. The molecule has 0 unspecified atom stereocenters. The molecule has 0 aliphatic rings. The molecular formula is C13H17F3N2OS. The number of benzene rings is 1. The highest BCUT2D eigenvalue weighted by Crippen LogP contribution is 2.36. The van der Waals surface area contributed by atoms with Gasteiger partial charge in [-0.25, -0.2) is 0 Å². The maximum absolute atomic E-state index is 12.2. The largest absolute Gasteiger partial charge is 0.446 e. The second kappa shape index (κ2) is 7.54. The van der Waals surface area contributed by atoms with Crippen LogP contribution < -0.4 is 10.6 Å². The lowest BCUT2D eigenvalue weighted by Gasteiger charge is -2.13. The lowest BCUT2D eigenvalue weighted by molar-refractivity contribution is -0.0328. The molecule has 1 aromatic rings. The number of hydrogen-bond donors (Lipinski definition) is 2. The summed E-state index contributed by atoms with van der Waals surface area (Å²) in [7, 11) is 0. The number of carbonyl (C=O) groups is 1. The molecule has 0 saturated heterocycles. The molecule has 0 saturated carbocycles. The lowest BCUT2D eigenvalue weighted by Crippen LogP contribution is -2.38. The van der Waals surface area contributed by atoms with Crippen molar-refractivity contribution < 1.29 is 18.0 Å². The maximum Gasteiger partial charge on any atom is 0.446 e. The summed E-state index contributed by atoms with van der Waals surface area (Å²) in [6.45, 7) is 5.17. The first-order chi connectivity index (χ1) is 9.31. The van der Waals surface area contributed by atoms with Gasteiger partial charge in [-0.3, -0.25) is 4.79 Å². The molecule has 1 rings (SSSR count). The fraction of sp³-hybridized carbons (Fsp3) is 0.462. The monoisotopic (exact) mass is 306 g/mol. The summed E-state index contributed by atoms with van der Waals surface area (Å²) >= 11 is -0.196. The highest BCUT2D eigenvalue weighted by Gasteiger charge is 2.29. The van der Waals surface area contributed by atoms with Crippen molar-refractivity contribution in [3.05, 3.63) is 29.8 Å². The van der Waals surface area contributed by atoms with Crippen LogP contribution in [0, 0.1) is 0 Å². The third-order valence-electron chi connectivity index (χ3n) is 2.47. The number of alkyl halides is 3. The van der Waals surface area contributed by atoms with Crippen molar-refractivity contribution in [3.63, 3.8) is 0 Å². The first-order valence-corrected chi connectivity index (χ1v) is 7.01. The van der Waals surface area contributed by atoms with E-state index in [-0.39, 0.29) is 28.6 Å². The highest BCUT2D eigenvalue weighted by atomic mass is 32.2. The fourth-order valence-corrected chi connectivity index (χ4v) is 2.12. The molecule has 0 aliphatic carbocycles. The van der Waals surface area contributed by atoms with Crippen LogP contribution in [0.2, 0.25) is 0 Å². The van der Waals surface area contributed by atoms with Crippen LogP contribution >= 0.6 is 11.8 Å². The maximum atomic E-state index is 12.2. The van der Waals surface area contributed by atoms with Crippen molar-refractivity contribution in [1.82, 2.24) is 10.6 Å². The van der Waals surface area contributed by atoms with Gasteiger partial charge in [-0.15, -0.1) is 0 Å². The summed E-state index contributed by atoms with van der Waals surface area (Å²) in [6.07, 6.45) is 0. The topological polar surface area (TPSA) is 41.1 Å². The average molecular weight is 306 g/mol. The first-order valence-electron chi connectivity index (χ1n) is 6.19. The van der Waals surface area contributed by atoms with Crippen LogP contribution in [0.25, 0.3) is 0 Å². The Kier molecular flexibility index (Phi) is 6.35. The van der Waals surface area contributed by atoms with Gasteiger partial charge in [0.25, 0.3) is 5.91 Å². The number of rotatable bonds is 6. The molecule has 7 heteroatoms. The molecule has 0 spiro atoms. The summed E-state index contributed by atoms with van der Waals surface area (Å²) in [5.74, 6) is -0.293. The lowest BCUT2D eigenvalue weighted by atomic mass is 10.2. The van der Waals surface area contributed by atoms with Crippen molar-refractivity contribution in [2.75, 3.05) is 13.1 Å². The van der Waals surface area contributed by atoms with Crippen LogP contribution in [-0.2, 0) is 0 Å². The molecule has 2 N–H and O–H groups in total. The summed E-state index contributed by atoms with van der Waals surface area (Å²) in [5, 5.41) is 5.86. The second-order valence-corrected chi connectivity index (χ2v) is 5.38. The van der Waals surface area contributed by atoms with Gasteiger partial charge >= 0.3 is 5.51 Å². The Labute approximate surface area is 120 Å². The van der Waals surface area contributed by atoms with E-state index in [4.69, 9.17) is 0 Å². The van der Waals surface area contributed by atoms with Crippen molar-refractivity contribution in [2.24, 2.45) is 0 Å². The van der Waals surface area contributed by atoms with Gasteiger partial charge in [-0.05, 0) is 49.5 Å². The smallest absolute Gasteiger partial charge is 0.350 e. The molecule has 112 valence electrons. The predicted octanol–water partition coefficient (Wildman–Crippen LogP) is 3.03. The van der Waals surface area contributed by atoms with Crippen molar-refractivity contribution >= 4 is 17.7 Å². The molecule has 0 aliphatic heterocycles. The zero-order valence-corrected chi connectivity index (χ0v) is 12.1. The number of amides is 1. The SMILES string of the molecule is CCN[C@H](C)CNC(=O)c1ccc(SC(F)(F)F)cc1.